The molecule has 0 aromatic heterocycles. The fraction of sp³-hybridized carbons (Fsp3) is 0.500. The summed E-state index contributed by atoms with van der Waals surface area (Å²) in [5.41, 5.74) is 0.568. The lowest BCUT2D eigenvalue weighted by molar-refractivity contribution is 0.0225. The van der Waals surface area contributed by atoms with Crippen LogP contribution < -0.4 is 4.74 Å². The van der Waals surface area contributed by atoms with E-state index in [0.29, 0.717) is 31.0 Å². The van der Waals surface area contributed by atoms with Crippen molar-refractivity contribution in [1.82, 2.24) is 4.90 Å². The average Bonchev–Trinajstić information content (AvgIpc) is 2.66. The number of para-hydroxylation sites is 1. The molecule has 6 nitrogen and oxygen atoms in total. The molecule has 22 heavy (non-hydrogen) atoms. The van der Waals surface area contributed by atoms with Crippen LogP contribution in [0.15, 0.2) is 18.2 Å². The van der Waals surface area contributed by atoms with Crippen molar-refractivity contribution in [3.8, 4) is 5.75 Å². The molecule has 6 heteroatoms. The number of hydrogen-bond donors (Lipinski definition) is 0. The number of esters is 1. The minimum Gasteiger partial charge on any atom is -0.490 e. The van der Waals surface area contributed by atoms with E-state index in [1.54, 1.807) is 17.0 Å². The molecule has 0 bridgehead atoms. The Balaban J connectivity index is 2.24. The number of carbonyl (C=O) groups is 2. The number of nitrogens with zero attached hydrogens (tertiary/aromatic N) is 1. The molecule has 1 aromatic carbocycles. The predicted octanol–water partition coefficient (Wildman–Crippen LogP) is 2.60. The minimum absolute atomic E-state index is 0.292. The molecule has 0 N–H and O–H groups in total. The lowest BCUT2D eigenvalue weighted by Crippen LogP contribution is -2.37. The molecule has 0 saturated heterocycles. The SMILES string of the molecule is COC(=O)c1cccc2c1OCCN(C(=O)OC(C)(C)C)C2. The second-order valence-corrected chi connectivity index (χ2v) is 6.04. The van der Waals surface area contributed by atoms with Crippen molar-refractivity contribution in [2.24, 2.45) is 0 Å². The number of rotatable bonds is 1. The number of ether oxygens (including phenoxy) is 3. The quantitative estimate of drug-likeness (QED) is 0.746. The van der Waals surface area contributed by atoms with E-state index in [-0.39, 0.29) is 0 Å². The van der Waals surface area contributed by atoms with E-state index in [9.17, 15) is 9.59 Å². The van der Waals surface area contributed by atoms with E-state index >= 15 is 0 Å². The summed E-state index contributed by atoms with van der Waals surface area (Å²) in [5.74, 6) is 0.0166. The largest absolute Gasteiger partial charge is 0.490 e. The van der Waals surface area contributed by atoms with Gasteiger partial charge in [-0.3, -0.25) is 0 Å². The number of methoxy groups -OCH3 is 1. The predicted molar refractivity (Wildman–Crippen MR) is 79.9 cm³/mol. The van der Waals surface area contributed by atoms with Crippen LogP contribution in [0, 0.1) is 0 Å². The molecule has 1 aliphatic rings. The lowest BCUT2D eigenvalue weighted by Gasteiger charge is -2.26. The van der Waals surface area contributed by atoms with Crippen molar-refractivity contribution in [2.45, 2.75) is 32.9 Å². The fourth-order valence-corrected chi connectivity index (χ4v) is 2.18. The maximum Gasteiger partial charge on any atom is 0.410 e. The molecule has 0 unspecified atom stereocenters. The molecule has 1 amide bonds. The normalized spacial score (nSPS) is 14.5. The Bertz CT molecular complexity index is 576. The summed E-state index contributed by atoms with van der Waals surface area (Å²) < 4.78 is 15.8. The third-order valence-electron chi connectivity index (χ3n) is 3.12. The highest BCUT2D eigenvalue weighted by atomic mass is 16.6. The van der Waals surface area contributed by atoms with Crippen molar-refractivity contribution in [3.05, 3.63) is 29.3 Å². The van der Waals surface area contributed by atoms with Crippen LogP contribution >= 0.6 is 0 Å². The van der Waals surface area contributed by atoms with Gasteiger partial charge in [-0.2, -0.15) is 0 Å². The molecule has 0 saturated carbocycles. The smallest absolute Gasteiger partial charge is 0.410 e. The molecule has 0 spiro atoms. The monoisotopic (exact) mass is 307 g/mol. The highest BCUT2D eigenvalue weighted by molar-refractivity contribution is 5.93. The van der Waals surface area contributed by atoms with Gasteiger partial charge in [-0.05, 0) is 26.8 Å². The van der Waals surface area contributed by atoms with Crippen LogP contribution in [0.3, 0.4) is 0 Å². The Hall–Kier alpha value is -2.24. The Morgan fingerprint density at radius 1 is 1.27 bits per heavy atom. The molecule has 0 radical (unpaired) electrons. The first-order valence-corrected chi connectivity index (χ1v) is 7.13. The zero-order valence-corrected chi connectivity index (χ0v) is 13.3. The molecule has 0 fully saturated rings. The van der Waals surface area contributed by atoms with E-state index < -0.39 is 17.7 Å². The van der Waals surface area contributed by atoms with Crippen LogP contribution in [-0.4, -0.2) is 42.8 Å². The summed E-state index contributed by atoms with van der Waals surface area (Å²) in [6.45, 7) is 6.48. The molecule has 0 atom stereocenters. The van der Waals surface area contributed by atoms with Crippen molar-refractivity contribution in [1.29, 1.82) is 0 Å². The van der Waals surface area contributed by atoms with Crippen molar-refractivity contribution in [3.63, 3.8) is 0 Å². The number of amides is 1. The van der Waals surface area contributed by atoms with E-state index in [1.165, 1.54) is 7.11 Å². The number of carbonyl (C=O) groups excluding carboxylic acids is 2. The van der Waals surface area contributed by atoms with Gasteiger partial charge >= 0.3 is 12.1 Å². The molecular weight excluding hydrogens is 286 g/mol. The Morgan fingerprint density at radius 2 is 2.00 bits per heavy atom. The van der Waals surface area contributed by atoms with Crippen LogP contribution in [0.4, 0.5) is 4.79 Å². The highest BCUT2D eigenvalue weighted by Crippen LogP contribution is 2.28. The first-order chi connectivity index (χ1) is 10.3. The summed E-state index contributed by atoms with van der Waals surface area (Å²) in [5, 5.41) is 0. The molecule has 1 aliphatic heterocycles. The second kappa shape index (κ2) is 6.25. The summed E-state index contributed by atoms with van der Waals surface area (Å²) in [4.78, 5) is 25.6. The van der Waals surface area contributed by atoms with E-state index in [4.69, 9.17) is 14.2 Å². The summed E-state index contributed by atoms with van der Waals surface area (Å²) >= 11 is 0. The zero-order valence-electron chi connectivity index (χ0n) is 13.3. The molecule has 1 heterocycles. The van der Waals surface area contributed by atoms with E-state index in [1.807, 2.05) is 26.8 Å². The van der Waals surface area contributed by atoms with Gasteiger partial charge in [-0.1, -0.05) is 12.1 Å². The van der Waals surface area contributed by atoms with Gasteiger partial charge in [0.2, 0.25) is 0 Å². The van der Waals surface area contributed by atoms with Crippen molar-refractivity contribution >= 4 is 12.1 Å². The van der Waals surface area contributed by atoms with E-state index in [0.717, 1.165) is 5.56 Å². The summed E-state index contributed by atoms with van der Waals surface area (Å²) in [7, 11) is 1.32. The van der Waals surface area contributed by atoms with Crippen molar-refractivity contribution in [2.75, 3.05) is 20.3 Å². The number of fused-ring (bicyclic) bond motifs is 1. The third-order valence-corrected chi connectivity index (χ3v) is 3.12. The molecular formula is C16H21NO5. The number of hydrogen-bond acceptors (Lipinski definition) is 5. The molecule has 120 valence electrons. The second-order valence-electron chi connectivity index (χ2n) is 6.04. The van der Waals surface area contributed by atoms with Crippen LogP contribution in [-0.2, 0) is 16.0 Å². The molecule has 1 aromatic rings. The lowest BCUT2D eigenvalue weighted by atomic mass is 10.1. The molecule has 0 aliphatic carbocycles. The Morgan fingerprint density at radius 3 is 2.64 bits per heavy atom. The van der Waals surface area contributed by atoms with Gasteiger partial charge in [-0.15, -0.1) is 0 Å². The number of benzene rings is 1. The topological polar surface area (TPSA) is 65.1 Å². The maximum atomic E-state index is 12.2. The van der Waals surface area contributed by atoms with Crippen molar-refractivity contribution < 1.29 is 23.8 Å². The van der Waals surface area contributed by atoms with Gasteiger partial charge in [0.15, 0.2) is 0 Å². The minimum atomic E-state index is -0.555. The van der Waals surface area contributed by atoms with Crippen LogP contribution in [0.25, 0.3) is 0 Å². The van der Waals surface area contributed by atoms with Crippen LogP contribution in [0.2, 0.25) is 0 Å². The summed E-state index contributed by atoms with van der Waals surface area (Å²) in [6.07, 6.45) is -0.396. The highest BCUT2D eigenvalue weighted by Gasteiger charge is 2.27. The first-order valence-electron chi connectivity index (χ1n) is 7.13. The van der Waals surface area contributed by atoms with Crippen LogP contribution in [0.1, 0.15) is 36.7 Å². The van der Waals surface area contributed by atoms with Crippen LogP contribution in [0.5, 0.6) is 5.75 Å². The molecule has 2 rings (SSSR count). The summed E-state index contributed by atoms with van der Waals surface area (Å²) in [6, 6.07) is 5.21. The fourth-order valence-electron chi connectivity index (χ4n) is 2.18. The van der Waals surface area contributed by atoms with Gasteiger partial charge in [0.05, 0.1) is 20.2 Å². The van der Waals surface area contributed by atoms with Gasteiger partial charge in [0.1, 0.15) is 23.5 Å². The van der Waals surface area contributed by atoms with Gasteiger partial charge in [0.25, 0.3) is 0 Å². The third kappa shape index (κ3) is 3.69. The first kappa shape index (κ1) is 16.1. The standard InChI is InChI=1S/C16H21NO5/c1-16(2,3)22-15(19)17-8-9-21-13-11(10-17)6-5-7-12(13)14(18)20-4/h5-7H,8-10H2,1-4H3. The average molecular weight is 307 g/mol. The van der Waals surface area contributed by atoms with Gasteiger partial charge < -0.3 is 19.1 Å². The van der Waals surface area contributed by atoms with Gasteiger partial charge in [-0.25, -0.2) is 9.59 Å². The Kier molecular flexibility index (Phi) is 4.59. The van der Waals surface area contributed by atoms with Gasteiger partial charge in [0, 0.05) is 5.56 Å². The maximum absolute atomic E-state index is 12.2. The van der Waals surface area contributed by atoms with E-state index in [2.05, 4.69) is 0 Å². The Labute approximate surface area is 129 Å². The zero-order chi connectivity index (χ0) is 16.3.